The smallest absolute Gasteiger partial charge is 0.0143 e. The van der Waals surface area contributed by atoms with E-state index in [0.29, 0.717) is 0 Å². The number of nitrogens with zero attached hydrogens (tertiary/aromatic N) is 1. The minimum absolute atomic E-state index is 0. The molecule has 1 heterocycles. The molecule has 0 aliphatic carbocycles. The Balaban J connectivity index is 0.00000144. The third kappa shape index (κ3) is 2.99. The van der Waals surface area contributed by atoms with E-state index < -0.39 is 0 Å². The predicted octanol–water partition coefficient (Wildman–Crippen LogP) is 2.62. The molecule has 1 aliphatic heterocycles. The molecule has 0 aromatic rings. The van der Waals surface area contributed by atoms with E-state index in [-0.39, 0.29) is 43.8 Å². The van der Waals surface area contributed by atoms with E-state index in [1.165, 1.54) is 11.0 Å². The number of piperidine rings is 1. The van der Waals surface area contributed by atoms with Crippen LogP contribution in [0.2, 0.25) is 0 Å². The molecule has 0 aromatic heterocycles. The number of rotatable bonds is 0. The fraction of sp³-hybridized carbons (Fsp3) is 0.900. The minimum Gasteiger partial charge on any atom is -0.313 e. The molecule has 0 bridgehead atoms. The first-order valence-corrected chi connectivity index (χ1v) is 4.56. The molecule has 3 heteroatoms. The van der Waals surface area contributed by atoms with E-state index in [1.807, 2.05) is 0 Å². The zero-order chi connectivity index (χ0) is 9.57. The van der Waals surface area contributed by atoms with Crippen molar-refractivity contribution >= 4 is 0 Å². The molecule has 0 aromatic carbocycles. The number of hydrogen-bond donors (Lipinski definition) is 1. The van der Waals surface area contributed by atoms with Crippen molar-refractivity contribution in [3.05, 3.63) is 5.92 Å². The Bertz CT molecular complexity index is 162. The Morgan fingerprint density at radius 3 is 1.69 bits per heavy atom. The molecule has 0 amide bonds. The van der Waals surface area contributed by atoms with Gasteiger partial charge in [-0.05, 0) is 27.7 Å². The van der Waals surface area contributed by atoms with Crippen LogP contribution in [0, 0.1) is 5.92 Å². The average molecular weight is 259 g/mol. The van der Waals surface area contributed by atoms with Crippen molar-refractivity contribution in [2.75, 3.05) is 0 Å². The Labute approximate surface area is 107 Å². The topological polar surface area (TPSA) is 23.5 Å². The van der Waals surface area contributed by atoms with Crippen LogP contribution in [0.3, 0.4) is 0 Å². The minimum atomic E-state index is -0.105. The molecule has 1 aliphatic rings. The molecule has 0 unspecified atom stereocenters. The van der Waals surface area contributed by atoms with E-state index >= 15 is 0 Å². The summed E-state index contributed by atoms with van der Waals surface area (Å²) in [4.78, 5) is 0. The van der Waals surface area contributed by atoms with E-state index in [1.54, 1.807) is 0 Å². The van der Waals surface area contributed by atoms with Gasteiger partial charge in [0.2, 0.25) is 0 Å². The summed E-state index contributed by atoms with van der Waals surface area (Å²) in [5.41, 5.74) is -0.211. The monoisotopic (exact) mass is 259 g/mol. The van der Waals surface area contributed by atoms with Crippen LogP contribution < -0.4 is 0 Å². The SMILES string of the molecule is C[C-]1CC(C)(C)N(O)C(C)(C)C1.[Y]. The van der Waals surface area contributed by atoms with E-state index in [2.05, 4.69) is 34.6 Å². The second kappa shape index (κ2) is 4.26. The third-order valence-corrected chi connectivity index (χ3v) is 2.62. The van der Waals surface area contributed by atoms with Gasteiger partial charge < -0.3 is 11.1 Å². The van der Waals surface area contributed by atoms with Gasteiger partial charge in [-0.2, -0.15) is 24.8 Å². The van der Waals surface area contributed by atoms with Crippen LogP contribution in [0.25, 0.3) is 0 Å². The molecule has 1 saturated heterocycles. The van der Waals surface area contributed by atoms with Crippen molar-refractivity contribution in [3.8, 4) is 0 Å². The quantitative estimate of drug-likeness (QED) is 0.676. The fourth-order valence-electron chi connectivity index (χ4n) is 2.51. The standard InChI is InChI=1S/C10H20NO.Y/c1-8-6-9(2,3)11(12)10(4,5)7-8;/h12H,6-7H2,1-5H3;/q-1;. The molecule has 13 heavy (non-hydrogen) atoms. The van der Waals surface area contributed by atoms with Crippen molar-refractivity contribution in [1.29, 1.82) is 0 Å². The van der Waals surface area contributed by atoms with Crippen LogP contribution in [0.1, 0.15) is 47.5 Å². The largest absolute Gasteiger partial charge is 0.313 e. The molecule has 0 spiro atoms. The summed E-state index contributed by atoms with van der Waals surface area (Å²) < 4.78 is 0. The zero-order valence-electron chi connectivity index (χ0n) is 9.39. The normalized spacial score (nSPS) is 28.2. The van der Waals surface area contributed by atoms with Gasteiger partial charge in [-0.15, -0.1) is 0 Å². The summed E-state index contributed by atoms with van der Waals surface area (Å²) in [6.45, 7) is 10.5. The summed E-state index contributed by atoms with van der Waals surface area (Å²) in [5, 5.41) is 11.4. The van der Waals surface area contributed by atoms with Gasteiger partial charge in [0.15, 0.2) is 0 Å². The maximum absolute atomic E-state index is 9.90. The van der Waals surface area contributed by atoms with Crippen molar-refractivity contribution in [1.82, 2.24) is 5.06 Å². The van der Waals surface area contributed by atoms with Gasteiger partial charge >= 0.3 is 0 Å². The molecule has 1 radical (unpaired) electrons. The number of hydrogen-bond acceptors (Lipinski definition) is 2. The van der Waals surface area contributed by atoms with Crippen LogP contribution in [-0.2, 0) is 32.7 Å². The molecule has 75 valence electrons. The van der Waals surface area contributed by atoms with Crippen molar-refractivity contribution in [3.63, 3.8) is 0 Å². The summed E-state index contributed by atoms with van der Waals surface area (Å²) in [7, 11) is 0. The van der Waals surface area contributed by atoms with E-state index in [9.17, 15) is 5.21 Å². The molecule has 0 saturated carbocycles. The molecular weight excluding hydrogens is 239 g/mol. The molecule has 0 atom stereocenters. The van der Waals surface area contributed by atoms with Crippen molar-refractivity contribution in [2.45, 2.75) is 58.5 Å². The summed E-state index contributed by atoms with van der Waals surface area (Å²) in [5.74, 6) is 1.48. The maximum atomic E-state index is 9.90. The van der Waals surface area contributed by atoms with Crippen LogP contribution in [0.15, 0.2) is 0 Å². The Morgan fingerprint density at radius 2 is 1.38 bits per heavy atom. The summed E-state index contributed by atoms with van der Waals surface area (Å²) in [6.07, 6.45) is 1.99. The second-order valence-corrected chi connectivity index (χ2v) is 5.25. The van der Waals surface area contributed by atoms with Crippen LogP contribution in [-0.4, -0.2) is 21.3 Å². The number of hydroxylamine groups is 2. The molecular formula is C10H20NOY-. The zero-order valence-corrected chi connectivity index (χ0v) is 12.2. The van der Waals surface area contributed by atoms with Gasteiger partial charge in [0.1, 0.15) is 0 Å². The second-order valence-electron chi connectivity index (χ2n) is 5.25. The molecule has 2 nitrogen and oxygen atoms in total. The van der Waals surface area contributed by atoms with E-state index in [0.717, 1.165) is 12.8 Å². The van der Waals surface area contributed by atoms with Gasteiger partial charge in [0, 0.05) is 43.8 Å². The van der Waals surface area contributed by atoms with Crippen molar-refractivity contribution in [2.24, 2.45) is 0 Å². The first-order chi connectivity index (χ1) is 5.26. The Hall–Kier alpha value is 1.02. The Kier molecular flexibility index (Phi) is 4.60. The van der Waals surface area contributed by atoms with Gasteiger partial charge in [-0.1, -0.05) is 0 Å². The van der Waals surface area contributed by atoms with Gasteiger partial charge in [0.25, 0.3) is 0 Å². The van der Waals surface area contributed by atoms with Gasteiger partial charge in [-0.3, -0.25) is 0 Å². The van der Waals surface area contributed by atoms with Gasteiger partial charge in [0.05, 0.1) is 0 Å². The predicted molar refractivity (Wildman–Crippen MR) is 49.9 cm³/mol. The molecule has 1 N–H and O–H groups in total. The fourth-order valence-corrected chi connectivity index (χ4v) is 2.51. The Morgan fingerprint density at radius 1 is 1.08 bits per heavy atom. The summed E-state index contributed by atoms with van der Waals surface area (Å²) in [6, 6.07) is 0. The van der Waals surface area contributed by atoms with Crippen LogP contribution in [0.4, 0.5) is 0 Å². The van der Waals surface area contributed by atoms with Gasteiger partial charge in [-0.25, -0.2) is 0 Å². The molecule has 1 fully saturated rings. The third-order valence-electron chi connectivity index (χ3n) is 2.62. The molecule has 1 rings (SSSR count). The maximum Gasteiger partial charge on any atom is 0.0143 e. The average Bonchev–Trinajstić information content (AvgIpc) is 1.80. The van der Waals surface area contributed by atoms with Crippen LogP contribution in [0.5, 0.6) is 0 Å². The first kappa shape index (κ1) is 14.0. The van der Waals surface area contributed by atoms with Crippen LogP contribution >= 0.6 is 0 Å². The van der Waals surface area contributed by atoms with Crippen molar-refractivity contribution < 1.29 is 37.9 Å². The summed E-state index contributed by atoms with van der Waals surface area (Å²) >= 11 is 0. The van der Waals surface area contributed by atoms with E-state index in [4.69, 9.17) is 0 Å². The first-order valence-electron chi connectivity index (χ1n) is 4.56.